The Morgan fingerprint density at radius 2 is 2.00 bits per heavy atom. The zero-order chi connectivity index (χ0) is 19.8. The van der Waals surface area contributed by atoms with Gasteiger partial charge in [-0.05, 0) is 74.1 Å². The first-order chi connectivity index (χ1) is 14.2. The Labute approximate surface area is 171 Å². The van der Waals surface area contributed by atoms with Crippen LogP contribution in [0.25, 0.3) is 16.6 Å². The van der Waals surface area contributed by atoms with E-state index in [0.29, 0.717) is 6.04 Å². The lowest BCUT2D eigenvalue weighted by Crippen LogP contribution is -2.26. The predicted molar refractivity (Wildman–Crippen MR) is 116 cm³/mol. The molecule has 2 aliphatic carbocycles. The maximum absolute atomic E-state index is 4.94. The van der Waals surface area contributed by atoms with E-state index in [1.807, 2.05) is 24.0 Å². The minimum atomic E-state index is 0.504. The van der Waals surface area contributed by atoms with E-state index >= 15 is 0 Å². The van der Waals surface area contributed by atoms with Gasteiger partial charge in [0.1, 0.15) is 5.52 Å². The van der Waals surface area contributed by atoms with Gasteiger partial charge in [0.05, 0.1) is 11.2 Å². The van der Waals surface area contributed by atoms with Crippen LogP contribution >= 0.6 is 0 Å². The molecule has 6 nitrogen and oxygen atoms in total. The molecule has 0 bridgehead atoms. The number of aromatic nitrogens is 5. The van der Waals surface area contributed by atoms with E-state index in [9.17, 15) is 0 Å². The summed E-state index contributed by atoms with van der Waals surface area (Å²) in [6, 6.07) is 6.85. The van der Waals surface area contributed by atoms with Crippen molar-refractivity contribution >= 4 is 22.6 Å². The highest BCUT2D eigenvalue weighted by Gasteiger charge is 2.21. The van der Waals surface area contributed by atoms with Crippen molar-refractivity contribution in [2.24, 2.45) is 13.0 Å². The fourth-order valence-corrected chi connectivity index (χ4v) is 4.59. The van der Waals surface area contributed by atoms with Crippen molar-refractivity contribution in [1.82, 2.24) is 25.0 Å². The van der Waals surface area contributed by atoms with Gasteiger partial charge < -0.3 is 5.32 Å². The van der Waals surface area contributed by atoms with Crippen LogP contribution < -0.4 is 5.32 Å². The molecule has 0 saturated heterocycles. The topological polar surface area (TPSA) is 68.5 Å². The summed E-state index contributed by atoms with van der Waals surface area (Å²) in [4.78, 5) is 9.64. The Kier molecular flexibility index (Phi) is 4.78. The molecule has 2 heterocycles. The van der Waals surface area contributed by atoms with Gasteiger partial charge in [-0.1, -0.05) is 24.3 Å². The third-order valence-corrected chi connectivity index (χ3v) is 6.39. The van der Waals surface area contributed by atoms with Crippen LogP contribution in [-0.4, -0.2) is 31.0 Å². The second-order valence-corrected chi connectivity index (χ2v) is 8.58. The van der Waals surface area contributed by atoms with Crippen LogP contribution in [0, 0.1) is 5.92 Å². The minimum Gasteiger partial charge on any atom is -0.351 e. The largest absolute Gasteiger partial charge is 0.351 e. The van der Waals surface area contributed by atoms with E-state index < -0.39 is 0 Å². The molecule has 1 aromatic carbocycles. The minimum absolute atomic E-state index is 0.504. The van der Waals surface area contributed by atoms with Crippen LogP contribution in [0.5, 0.6) is 0 Å². The zero-order valence-corrected chi connectivity index (χ0v) is 17.2. The molecule has 0 atom stereocenters. The van der Waals surface area contributed by atoms with Gasteiger partial charge in [0, 0.05) is 24.8 Å². The average Bonchev–Trinajstić information content (AvgIpc) is 2.97. The molecule has 2 aliphatic rings. The van der Waals surface area contributed by atoms with Crippen molar-refractivity contribution in [3.63, 3.8) is 0 Å². The van der Waals surface area contributed by atoms with E-state index in [2.05, 4.69) is 40.8 Å². The van der Waals surface area contributed by atoms with Gasteiger partial charge in [0.15, 0.2) is 0 Å². The van der Waals surface area contributed by atoms with Crippen LogP contribution in [0.4, 0.5) is 5.95 Å². The maximum Gasteiger partial charge on any atom is 0.223 e. The van der Waals surface area contributed by atoms with Crippen LogP contribution in [0.3, 0.4) is 0 Å². The third kappa shape index (κ3) is 3.63. The molecule has 0 aliphatic heterocycles. The first-order valence-corrected chi connectivity index (χ1v) is 10.8. The SMILES string of the molecule is Cn1nnc2ccc(C3=CCCCc4nc(N[C@H]5CC[C@H](C)CC5)ncc43)cc21. The molecule has 2 aromatic heterocycles. The van der Waals surface area contributed by atoms with Crippen LogP contribution in [0.2, 0.25) is 0 Å². The Morgan fingerprint density at radius 1 is 1.14 bits per heavy atom. The molecule has 29 heavy (non-hydrogen) atoms. The van der Waals surface area contributed by atoms with Crippen LogP contribution in [0.1, 0.15) is 62.3 Å². The number of rotatable bonds is 3. The van der Waals surface area contributed by atoms with Crippen LogP contribution in [0.15, 0.2) is 30.5 Å². The van der Waals surface area contributed by atoms with E-state index in [4.69, 9.17) is 9.97 Å². The molecular weight excluding hydrogens is 360 g/mol. The second kappa shape index (κ2) is 7.58. The molecule has 0 amide bonds. The lowest BCUT2D eigenvalue weighted by Gasteiger charge is -2.27. The average molecular weight is 389 g/mol. The molecule has 3 aromatic rings. The Balaban J connectivity index is 1.45. The highest BCUT2D eigenvalue weighted by atomic mass is 15.4. The van der Waals surface area contributed by atoms with E-state index in [1.165, 1.54) is 36.8 Å². The molecule has 0 radical (unpaired) electrons. The van der Waals surface area contributed by atoms with Crippen molar-refractivity contribution < 1.29 is 0 Å². The number of hydrogen-bond donors (Lipinski definition) is 1. The number of hydrogen-bond acceptors (Lipinski definition) is 5. The molecule has 1 saturated carbocycles. The quantitative estimate of drug-likeness (QED) is 0.715. The van der Waals surface area contributed by atoms with Crippen molar-refractivity contribution in [2.45, 2.75) is 57.9 Å². The van der Waals surface area contributed by atoms with Gasteiger partial charge in [-0.25, -0.2) is 14.6 Å². The summed E-state index contributed by atoms with van der Waals surface area (Å²) < 4.78 is 1.82. The maximum atomic E-state index is 4.94. The Hall–Kier alpha value is -2.76. The van der Waals surface area contributed by atoms with Gasteiger partial charge in [0.25, 0.3) is 0 Å². The van der Waals surface area contributed by atoms with E-state index in [1.54, 1.807) is 0 Å². The molecule has 0 spiro atoms. The molecule has 6 heteroatoms. The molecular formula is C23H28N6. The van der Waals surface area contributed by atoms with Crippen molar-refractivity contribution in [3.05, 3.63) is 47.3 Å². The van der Waals surface area contributed by atoms with Gasteiger partial charge in [-0.15, -0.1) is 5.10 Å². The third-order valence-electron chi connectivity index (χ3n) is 6.39. The molecule has 0 unspecified atom stereocenters. The fraction of sp³-hybridized carbons (Fsp3) is 0.478. The van der Waals surface area contributed by atoms with Gasteiger partial charge in [-0.2, -0.15) is 0 Å². The van der Waals surface area contributed by atoms with Gasteiger partial charge in [-0.3, -0.25) is 0 Å². The number of aryl methyl sites for hydroxylation is 2. The zero-order valence-electron chi connectivity index (χ0n) is 17.2. The monoisotopic (exact) mass is 388 g/mol. The summed E-state index contributed by atoms with van der Waals surface area (Å²) in [7, 11) is 1.93. The van der Waals surface area contributed by atoms with Gasteiger partial charge >= 0.3 is 0 Å². The summed E-state index contributed by atoms with van der Waals surface area (Å²) in [5.74, 6) is 1.64. The second-order valence-electron chi connectivity index (χ2n) is 8.58. The number of fused-ring (bicyclic) bond motifs is 2. The molecule has 5 rings (SSSR count). The number of allylic oxidation sites excluding steroid dienone is 1. The Morgan fingerprint density at radius 3 is 2.86 bits per heavy atom. The normalized spacial score (nSPS) is 22.1. The predicted octanol–water partition coefficient (Wildman–Crippen LogP) is 4.52. The van der Waals surface area contributed by atoms with Crippen molar-refractivity contribution in [3.8, 4) is 0 Å². The number of anilines is 1. The first-order valence-electron chi connectivity index (χ1n) is 10.8. The summed E-state index contributed by atoms with van der Waals surface area (Å²) >= 11 is 0. The number of benzene rings is 1. The van der Waals surface area contributed by atoms with Crippen LogP contribution in [-0.2, 0) is 13.5 Å². The molecule has 1 N–H and O–H groups in total. The van der Waals surface area contributed by atoms with E-state index in [0.717, 1.165) is 53.4 Å². The summed E-state index contributed by atoms with van der Waals surface area (Å²) in [5, 5.41) is 11.9. The Bertz CT molecular complexity index is 1060. The van der Waals surface area contributed by atoms with Gasteiger partial charge in [0.2, 0.25) is 5.95 Å². The standard InChI is InChI=1S/C23H28N6/c1-15-7-10-17(11-8-15)25-23-24-14-19-18(5-3-4-6-20(19)26-23)16-9-12-21-22(13-16)29(2)28-27-21/h5,9,12-15,17H,3-4,6-8,10-11H2,1-2H3,(H,24,25,26)/t15-,17-. The molecule has 1 fully saturated rings. The van der Waals surface area contributed by atoms with E-state index in [-0.39, 0.29) is 0 Å². The molecule has 150 valence electrons. The van der Waals surface area contributed by atoms with Crippen molar-refractivity contribution in [2.75, 3.05) is 5.32 Å². The number of nitrogens with one attached hydrogen (secondary N) is 1. The number of nitrogens with zero attached hydrogens (tertiary/aromatic N) is 5. The highest BCUT2D eigenvalue weighted by Crippen LogP contribution is 2.32. The summed E-state index contributed by atoms with van der Waals surface area (Å²) in [6.07, 6.45) is 12.5. The fourth-order valence-electron chi connectivity index (χ4n) is 4.59. The first kappa shape index (κ1) is 18.3. The smallest absolute Gasteiger partial charge is 0.223 e. The lowest BCUT2D eigenvalue weighted by atomic mass is 9.87. The summed E-state index contributed by atoms with van der Waals surface area (Å²) in [5.41, 5.74) is 6.66. The summed E-state index contributed by atoms with van der Waals surface area (Å²) in [6.45, 7) is 2.35. The highest BCUT2D eigenvalue weighted by molar-refractivity contribution is 5.86. The lowest BCUT2D eigenvalue weighted by molar-refractivity contribution is 0.360. The van der Waals surface area contributed by atoms with Crippen molar-refractivity contribution in [1.29, 1.82) is 0 Å².